The second-order valence-corrected chi connectivity index (χ2v) is 7.54. The van der Waals surface area contributed by atoms with Crippen LogP contribution in [-0.4, -0.2) is 29.2 Å². The number of ether oxygens (including phenoxy) is 1. The molecule has 0 unspecified atom stereocenters. The van der Waals surface area contributed by atoms with Crippen LogP contribution in [0.2, 0.25) is 0 Å². The highest BCUT2D eigenvalue weighted by atomic mass is 16.5. The SMILES string of the molecule is COc1cccc([C@H](NC(=O)NCCCc2ccc(C)cc2C)c2nccn2C)c1. The summed E-state index contributed by atoms with van der Waals surface area (Å²) in [7, 11) is 3.55. The van der Waals surface area contributed by atoms with Crippen molar-refractivity contribution in [2.45, 2.75) is 32.7 Å². The van der Waals surface area contributed by atoms with Gasteiger partial charge < -0.3 is 19.9 Å². The van der Waals surface area contributed by atoms with Crippen molar-refractivity contribution >= 4 is 6.03 Å². The molecule has 1 heterocycles. The maximum Gasteiger partial charge on any atom is 0.315 e. The monoisotopic (exact) mass is 406 g/mol. The second-order valence-electron chi connectivity index (χ2n) is 7.54. The summed E-state index contributed by atoms with van der Waals surface area (Å²) >= 11 is 0. The number of benzene rings is 2. The minimum absolute atomic E-state index is 0.216. The first-order valence-electron chi connectivity index (χ1n) is 10.2. The van der Waals surface area contributed by atoms with Gasteiger partial charge in [-0.25, -0.2) is 9.78 Å². The van der Waals surface area contributed by atoms with Crippen LogP contribution < -0.4 is 15.4 Å². The van der Waals surface area contributed by atoms with Crippen molar-refractivity contribution in [2.24, 2.45) is 7.05 Å². The van der Waals surface area contributed by atoms with E-state index < -0.39 is 0 Å². The van der Waals surface area contributed by atoms with E-state index in [1.54, 1.807) is 13.3 Å². The molecule has 0 saturated heterocycles. The molecule has 6 heteroatoms. The number of amides is 2. The minimum atomic E-state index is -0.376. The molecule has 0 aliphatic rings. The average molecular weight is 407 g/mol. The van der Waals surface area contributed by atoms with E-state index in [1.807, 2.05) is 42.1 Å². The molecule has 3 aromatic rings. The van der Waals surface area contributed by atoms with E-state index in [0.29, 0.717) is 6.54 Å². The van der Waals surface area contributed by atoms with Crippen LogP contribution in [0.1, 0.15) is 40.5 Å². The van der Waals surface area contributed by atoms with Gasteiger partial charge in [0.1, 0.15) is 17.6 Å². The van der Waals surface area contributed by atoms with Crippen molar-refractivity contribution in [2.75, 3.05) is 13.7 Å². The summed E-state index contributed by atoms with van der Waals surface area (Å²) < 4.78 is 7.25. The van der Waals surface area contributed by atoms with Crippen LogP contribution >= 0.6 is 0 Å². The van der Waals surface area contributed by atoms with Gasteiger partial charge in [0.05, 0.1) is 7.11 Å². The van der Waals surface area contributed by atoms with Gasteiger partial charge >= 0.3 is 6.03 Å². The Morgan fingerprint density at radius 3 is 2.73 bits per heavy atom. The number of carbonyl (C=O) groups is 1. The van der Waals surface area contributed by atoms with Gasteiger partial charge in [-0.3, -0.25) is 0 Å². The lowest BCUT2D eigenvalue weighted by atomic mass is 10.0. The fraction of sp³-hybridized carbons (Fsp3) is 0.333. The molecule has 0 saturated carbocycles. The van der Waals surface area contributed by atoms with E-state index in [2.05, 4.69) is 47.7 Å². The number of imidazole rings is 1. The van der Waals surface area contributed by atoms with Crippen molar-refractivity contribution in [3.63, 3.8) is 0 Å². The van der Waals surface area contributed by atoms with Crippen LogP contribution in [0.25, 0.3) is 0 Å². The molecule has 0 spiro atoms. The number of nitrogens with one attached hydrogen (secondary N) is 2. The molecule has 2 N–H and O–H groups in total. The zero-order valence-corrected chi connectivity index (χ0v) is 18.1. The number of aromatic nitrogens is 2. The molecule has 0 aliphatic carbocycles. The number of nitrogens with zero attached hydrogens (tertiary/aromatic N) is 2. The topological polar surface area (TPSA) is 68.2 Å². The Hall–Kier alpha value is -3.28. The van der Waals surface area contributed by atoms with E-state index in [1.165, 1.54) is 16.7 Å². The van der Waals surface area contributed by atoms with Crippen molar-refractivity contribution in [3.8, 4) is 5.75 Å². The predicted octanol–water partition coefficient (Wildman–Crippen LogP) is 4.07. The lowest BCUT2D eigenvalue weighted by Crippen LogP contribution is -2.39. The van der Waals surface area contributed by atoms with E-state index >= 15 is 0 Å². The summed E-state index contributed by atoms with van der Waals surface area (Å²) in [6.45, 7) is 4.83. The fourth-order valence-corrected chi connectivity index (χ4v) is 3.56. The van der Waals surface area contributed by atoms with E-state index in [9.17, 15) is 4.79 Å². The number of hydrogen-bond acceptors (Lipinski definition) is 3. The van der Waals surface area contributed by atoms with Gasteiger partial charge in [-0.05, 0) is 55.5 Å². The van der Waals surface area contributed by atoms with Crippen LogP contribution in [0.4, 0.5) is 4.79 Å². The van der Waals surface area contributed by atoms with E-state index in [4.69, 9.17) is 4.74 Å². The lowest BCUT2D eigenvalue weighted by molar-refractivity contribution is 0.238. The van der Waals surface area contributed by atoms with Crippen molar-refractivity contribution in [3.05, 3.63) is 82.9 Å². The molecule has 6 nitrogen and oxygen atoms in total. The number of hydrogen-bond donors (Lipinski definition) is 2. The largest absolute Gasteiger partial charge is 0.497 e. The average Bonchev–Trinajstić information content (AvgIpc) is 3.16. The van der Waals surface area contributed by atoms with Gasteiger partial charge in [-0.15, -0.1) is 0 Å². The summed E-state index contributed by atoms with van der Waals surface area (Å²) in [6, 6.07) is 13.6. The third kappa shape index (κ3) is 5.41. The van der Waals surface area contributed by atoms with Crippen LogP contribution in [0.3, 0.4) is 0 Å². The predicted molar refractivity (Wildman–Crippen MR) is 119 cm³/mol. The summed E-state index contributed by atoms with van der Waals surface area (Å²) in [5, 5.41) is 6.03. The zero-order valence-electron chi connectivity index (χ0n) is 18.1. The Morgan fingerprint density at radius 2 is 2.03 bits per heavy atom. The molecular weight excluding hydrogens is 376 g/mol. The third-order valence-electron chi connectivity index (χ3n) is 5.23. The second kappa shape index (κ2) is 9.96. The smallest absolute Gasteiger partial charge is 0.315 e. The first-order valence-corrected chi connectivity index (χ1v) is 10.2. The van der Waals surface area contributed by atoms with Crippen LogP contribution in [0.15, 0.2) is 54.9 Å². The Morgan fingerprint density at radius 1 is 1.20 bits per heavy atom. The summed E-state index contributed by atoms with van der Waals surface area (Å²) in [6.07, 6.45) is 5.41. The van der Waals surface area contributed by atoms with E-state index in [0.717, 1.165) is 30.0 Å². The van der Waals surface area contributed by atoms with Crippen LogP contribution in [0.5, 0.6) is 5.75 Å². The van der Waals surface area contributed by atoms with Crippen molar-refractivity contribution in [1.82, 2.24) is 20.2 Å². The molecule has 2 aromatic carbocycles. The van der Waals surface area contributed by atoms with Crippen LogP contribution in [-0.2, 0) is 13.5 Å². The number of carbonyl (C=O) groups excluding carboxylic acids is 1. The molecule has 0 aliphatic heterocycles. The normalized spacial score (nSPS) is 11.7. The molecule has 30 heavy (non-hydrogen) atoms. The van der Waals surface area contributed by atoms with Gasteiger partial charge in [0, 0.05) is 26.0 Å². The number of urea groups is 1. The first kappa shape index (κ1) is 21.4. The quantitative estimate of drug-likeness (QED) is 0.554. The highest BCUT2D eigenvalue weighted by molar-refractivity contribution is 5.74. The Balaban J connectivity index is 1.61. The van der Waals surface area contributed by atoms with E-state index in [-0.39, 0.29) is 12.1 Å². The molecule has 158 valence electrons. The molecule has 0 fully saturated rings. The lowest BCUT2D eigenvalue weighted by Gasteiger charge is -2.20. The Bertz CT molecular complexity index is 996. The fourth-order valence-electron chi connectivity index (χ4n) is 3.56. The number of rotatable bonds is 8. The van der Waals surface area contributed by atoms with Gasteiger partial charge in [-0.2, -0.15) is 0 Å². The maximum atomic E-state index is 12.6. The highest BCUT2D eigenvalue weighted by Crippen LogP contribution is 2.24. The van der Waals surface area contributed by atoms with Gasteiger partial charge in [0.15, 0.2) is 0 Å². The summed E-state index contributed by atoms with van der Waals surface area (Å²) in [4.78, 5) is 17.1. The highest BCUT2D eigenvalue weighted by Gasteiger charge is 2.21. The molecule has 0 bridgehead atoms. The summed E-state index contributed by atoms with van der Waals surface area (Å²) in [5.74, 6) is 1.50. The Labute approximate surface area is 178 Å². The van der Waals surface area contributed by atoms with Crippen LogP contribution in [0, 0.1) is 13.8 Å². The molecule has 0 radical (unpaired) electrons. The molecule has 3 rings (SSSR count). The minimum Gasteiger partial charge on any atom is -0.497 e. The molecular formula is C24H30N4O2. The Kier molecular flexibility index (Phi) is 7.12. The zero-order chi connectivity index (χ0) is 21.5. The van der Waals surface area contributed by atoms with Crippen molar-refractivity contribution < 1.29 is 9.53 Å². The van der Waals surface area contributed by atoms with Gasteiger partial charge in [-0.1, -0.05) is 35.9 Å². The molecule has 1 atom stereocenters. The van der Waals surface area contributed by atoms with Gasteiger partial charge in [0.2, 0.25) is 0 Å². The first-order chi connectivity index (χ1) is 14.5. The standard InChI is InChI=1S/C24H30N4O2/c1-17-10-11-19(18(2)15-17)8-6-12-26-24(29)27-22(23-25-13-14-28(23)3)20-7-5-9-21(16-20)30-4/h5,7,9-11,13-16,22H,6,8,12H2,1-4H3,(H2,26,27,29)/t22-/m0/s1. The third-order valence-corrected chi connectivity index (χ3v) is 5.23. The molecule has 1 aromatic heterocycles. The number of aryl methyl sites for hydroxylation is 4. The van der Waals surface area contributed by atoms with Crippen molar-refractivity contribution in [1.29, 1.82) is 0 Å². The maximum absolute atomic E-state index is 12.6. The number of methoxy groups -OCH3 is 1. The van der Waals surface area contributed by atoms with Gasteiger partial charge in [0.25, 0.3) is 0 Å². The summed E-state index contributed by atoms with van der Waals surface area (Å²) in [5.41, 5.74) is 4.80. The molecule has 2 amide bonds.